The summed E-state index contributed by atoms with van der Waals surface area (Å²) in [6.45, 7) is 5.41. The van der Waals surface area contributed by atoms with E-state index in [0.29, 0.717) is 6.61 Å². The summed E-state index contributed by atoms with van der Waals surface area (Å²) in [5.41, 5.74) is 1.62. The Hall–Kier alpha value is -0.870. The molecule has 0 fully saturated rings. The lowest BCUT2D eigenvalue weighted by Crippen LogP contribution is -2.36. The first-order chi connectivity index (χ1) is 6.11. The van der Waals surface area contributed by atoms with Gasteiger partial charge in [0.2, 0.25) is 0 Å². The molecule has 2 rings (SSSR count). The highest BCUT2D eigenvalue weighted by Crippen LogP contribution is 2.22. The van der Waals surface area contributed by atoms with Gasteiger partial charge in [-0.05, 0) is 19.9 Å². The van der Waals surface area contributed by atoms with Crippen LogP contribution in [-0.4, -0.2) is 20.5 Å². The van der Waals surface area contributed by atoms with Crippen LogP contribution >= 0.6 is 0 Å². The van der Waals surface area contributed by atoms with Gasteiger partial charge in [-0.1, -0.05) is 0 Å². The molecule has 0 aliphatic carbocycles. The topological polar surface area (TPSA) is 47.3 Å². The lowest BCUT2D eigenvalue weighted by Gasteiger charge is -2.30. The molecule has 4 heteroatoms. The van der Waals surface area contributed by atoms with Crippen LogP contribution in [-0.2, 0) is 24.5 Å². The molecule has 0 spiro atoms. The summed E-state index contributed by atoms with van der Waals surface area (Å²) < 4.78 is 7.52. The Morgan fingerprint density at radius 3 is 3.15 bits per heavy atom. The Kier molecular flexibility index (Phi) is 1.89. The maximum absolute atomic E-state index is 8.90. The molecule has 1 N–H and O–H groups in total. The van der Waals surface area contributed by atoms with Crippen molar-refractivity contribution in [3.63, 3.8) is 0 Å². The number of nitrogens with zero attached hydrogens (tertiary/aromatic N) is 2. The molecule has 1 aromatic rings. The summed E-state index contributed by atoms with van der Waals surface area (Å²) in [4.78, 5) is 0. The molecule has 72 valence electrons. The van der Waals surface area contributed by atoms with E-state index in [-0.39, 0.29) is 12.2 Å². The maximum atomic E-state index is 8.90. The van der Waals surface area contributed by atoms with E-state index in [0.717, 1.165) is 17.9 Å². The Morgan fingerprint density at radius 2 is 2.46 bits per heavy atom. The summed E-state index contributed by atoms with van der Waals surface area (Å²) in [6, 6.07) is 1.88. The number of aliphatic hydroxyl groups is 1. The molecule has 0 saturated carbocycles. The lowest BCUT2D eigenvalue weighted by atomic mass is 10.1. The Balaban J connectivity index is 2.30. The number of aliphatic hydroxyl groups excluding tert-OH is 1. The molecule has 0 atom stereocenters. The summed E-state index contributed by atoms with van der Waals surface area (Å²) in [6.07, 6.45) is 0. The Morgan fingerprint density at radius 1 is 1.69 bits per heavy atom. The van der Waals surface area contributed by atoms with Crippen molar-refractivity contribution in [3.05, 3.63) is 17.5 Å². The van der Waals surface area contributed by atoms with Gasteiger partial charge in [-0.15, -0.1) is 0 Å². The summed E-state index contributed by atoms with van der Waals surface area (Å²) in [7, 11) is 0. The number of hydrogen-bond donors (Lipinski definition) is 1. The number of aromatic nitrogens is 2. The van der Waals surface area contributed by atoms with E-state index < -0.39 is 0 Å². The van der Waals surface area contributed by atoms with Gasteiger partial charge in [0.25, 0.3) is 0 Å². The molecule has 0 aromatic carbocycles. The van der Waals surface area contributed by atoms with Crippen LogP contribution < -0.4 is 0 Å². The fourth-order valence-electron chi connectivity index (χ4n) is 1.52. The van der Waals surface area contributed by atoms with Gasteiger partial charge in [0.15, 0.2) is 0 Å². The smallest absolute Gasteiger partial charge is 0.0893 e. The predicted octanol–water partition coefficient (Wildman–Crippen LogP) is 0.684. The third-order valence-electron chi connectivity index (χ3n) is 2.22. The zero-order valence-corrected chi connectivity index (χ0v) is 7.95. The highest BCUT2D eigenvalue weighted by molar-refractivity contribution is 5.10. The van der Waals surface area contributed by atoms with Gasteiger partial charge >= 0.3 is 0 Å². The van der Waals surface area contributed by atoms with Crippen LogP contribution in [0.15, 0.2) is 6.07 Å². The normalized spacial score (nSPS) is 19.9. The van der Waals surface area contributed by atoms with Crippen molar-refractivity contribution >= 4 is 0 Å². The molecule has 13 heavy (non-hydrogen) atoms. The summed E-state index contributed by atoms with van der Waals surface area (Å²) >= 11 is 0. The largest absolute Gasteiger partial charge is 0.390 e. The van der Waals surface area contributed by atoms with E-state index in [1.54, 1.807) is 0 Å². The highest BCUT2D eigenvalue weighted by Gasteiger charge is 2.26. The number of rotatable bonds is 1. The van der Waals surface area contributed by atoms with Gasteiger partial charge in [-0.2, -0.15) is 5.10 Å². The zero-order valence-electron chi connectivity index (χ0n) is 7.95. The molecule has 1 aliphatic rings. The van der Waals surface area contributed by atoms with Crippen LogP contribution in [0.1, 0.15) is 25.2 Å². The van der Waals surface area contributed by atoms with E-state index in [1.165, 1.54) is 0 Å². The molecule has 0 saturated heterocycles. The van der Waals surface area contributed by atoms with Crippen molar-refractivity contribution < 1.29 is 9.84 Å². The van der Waals surface area contributed by atoms with E-state index in [9.17, 15) is 0 Å². The standard InChI is InChI=1S/C9H14N2O2/c1-9(2)6-11-8(5-13-9)3-7(4-12)10-11/h3,12H,4-6H2,1-2H3. The first-order valence-corrected chi connectivity index (χ1v) is 4.41. The first-order valence-electron chi connectivity index (χ1n) is 4.41. The molecule has 2 heterocycles. The minimum atomic E-state index is -0.147. The van der Waals surface area contributed by atoms with Crippen molar-refractivity contribution in [2.75, 3.05) is 0 Å². The van der Waals surface area contributed by atoms with Crippen LogP contribution in [0.25, 0.3) is 0 Å². The van der Waals surface area contributed by atoms with Crippen LogP contribution in [0.3, 0.4) is 0 Å². The van der Waals surface area contributed by atoms with Crippen molar-refractivity contribution in [3.8, 4) is 0 Å². The Labute approximate surface area is 77.1 Å². The average Bonchev–Trinajstić information content (AvgIpc) is 2.44. The molecule has 0 bridgehead atoms. The van der Waals surface area contributed by atoms with Crippen molar-refractivity contribution in [2.24, 2.45) is 0 Å². The Bertz CT molecular complexity index is 317. The third-order valence-corrected chi connectivity index (χ3v) is 2.22. The minimum absolute atomic E-state index is 0.000425. The van der Waals surface area contributed by atoms with Gasteiger partial charge in [0, 0.05) is 0 Å². The highest BCUT2D eigenvalue weighted by atomic mass is 16.5. The van der Waals surface area contributed by atoms with Crippen molar-refractivity contribution in [2.45, 2.75) is 39.2 Å². The van der Waals surface area contributed by atoms with Crippen LogP contribution in [0.2, 0.25) is 0 Å². The molecule has 0 radical (unpaired) electrons. The van der Waals surface area contributed by atoms with Crippen LogP contribution in [0.5, 0.6) is 0 Å². The van der Waals surface area contributed by atoms with Gasteiger partial charge in [-0.25, -0.2) is 0 Å². The molecule has 0 amide bonds. The van der Waals surface area contributed by atoms with Gasteiger partial charge in [-0.3, -0.25) is 4.68 Å². The number of hydrogen-bond acceptors (Lipinski definition) is 3. The molecular formula is C9H14N2O2. The fourth-order valence-corrected chi connectivity index (χ4v) is 1.52. The second kappa shape index (κ2) is 2.82. The van der Waals surface area contributed by atoms with E-state index in [2.05, 4.69) is 5.10 Å². The third kappa shape index (κ3) is 1.59. The van der Waals surface area contributed by atoms with E-state index in [1.807, 2.05) is 24.6 Å². The van der Waals surface area contributed by atoms with Crippen molar-refractivity contribution in [1.29, 1.82) is 0 Å². The number of ether oxygens (including phenoxy) is 1. The molecular weight excluding hydrogens is 168 g/mol. The second-order valence-corrected chi connectivity index (χ2v) is 3.99. The molecule has 1 aliphatic heterocycles. The molecule has 0 unspecified atom stereocenters. The average molecular weight is 182 g/mol. The quantitative estimate of drug-likeness (QED) is 0.695. The van der Waals surface area contributed by atoms with Crippen LogP contribution in [0, 0.1) is 0 Å². The summed E-state index contributed by atoms with van der Waals surface area (Å²) in [5, 5.41) is 13.2. The fraction of sp³-hybridized carbons (Fsp3) is 0.667. The summed E-state index contributed by atoms with van der Waals surface area (Å²) in [5.74, 6) is 0. The second-order valence-electron chi connectivity index (χ2n) is 3.99. The maximum Gasteiger partial charge on any atom is 0.0893 e. The molecule has 4 nitrogen and oxygen atoms in total. The van der Waals surface area contributed by atoms with Gasteiger partial charge in [0.1, 0.15) is 0 Å². The SMILES string of the molecule is CC1(C)Cn2nc(CO)cc2CO1. The van der Waals surface area contributed by atoms with E-state index >= 15 is 0 Å². The lowest BCUT2D eigenvalue weighted by molar-refractivity contribution is -0.0661. The monoisotopic (exact) mass is 182 g/mol. The van der Waals surface area contributed by atoms with Gasteiger partial charge in [0.05, 0.1) is 36.7 Å². The number of fused-ring (bicyclic) bond motifs is 1. The zero-order chi connectivity index (χ0) is 9.47. The minimum Gasteiger partial charge on any atom is -0.390 e. The predicted molar refractivity (Wildman–Crippen MR) is 47.0 cm³/mol. The first kappa shape index (κ1) is 8.72. The van der Waals surface area contributed by atoms with Gasteiger partial charge < -0.3 is 9.84 Å². The molecule has 1 aromatic heterocycles. The van der Waals surface area contributed by atoms with Crippen LogP contribution in [0.4, 0.5) is 0 Å². The van der Waals surface area contributed by atoms with E-state index in [4.69, 9.17) is 9.84 Å². The van der Waals surface area contributed by atoms with Crippen molar-refractivity contribution in [1.82, 2.24) is 9.78 Å².